The van der Waals surface area contributed by atoms with E-state index in [1.165, 1.54) is 24.0 Å². The lowest BCUT2D eigenvalue weighted by Crippen LogP contribution is -2.10. The molecule has 0 aliphatic heterocycles. The highest BCUT2D eigenvalue weighted by atomic mass is 32.1. The summed E-state index contributed by atoms with van der Waals surface area (Å²) >= 11 is 1.47. The predicted molar refractivity (Wildman–Crippen MR) is 101 cm³/mol. The van der Waals surface area contributed by atoms with E-state index in [1.807, 2.05) is 11.4 Å². The second-order valence-corrected chi connectivity index (χ2v) is 6.72. The van der Waals surface area contributed by atoms with E-state index in [0.29, 0.717) is 31.0 Å². The molecule has 0 amide bonds. The summed E-state index contributed by atoms with van der Waals surface area (Å²) in [6, 6.07) is 1.89. The van der Waals surface area contributed by atoms with Gasteiger partial charge in [-0.05, 0) is 23.4 Å². The van der Waals surface area contributed by atoms with E-state index in [0.717, 1.165) is 21.3 Å². The zero-order valence-electron chi connectivity index (χ0n) is 14.2. The number of carbonyl (C=O) groups excluding carboxylic acids is 1. The molecule has 0 spiro atoms. The minimum Gasteiger partial charge on any atom is -0.350 e. The van der Waals surface area contributed by atoms with Crippen molar-refractivity contribution >= 4 is 33.3 Å². The molecule has 27 heavy (non-hydrogen) atoms. The molecule has 8 nitrogen and oxygen atoms in total. The number of aromatic nitrogens is 6. The molecule has 0 aromatic carbocycles. The van der Waals surface area contributed by atoms with Crippen molar-refractivity contribution in [2.75, 3.05) is 5.32 Å². The highest BCUT2D eigenvalue weighted by Crippen LogP contribution is 2.25. The van der Waals surface area contributed by atoms with Gasteiger partial charge in [0.2, 0.25) is 5.95 Å². The van der Waals surface area contributed by atoms with Crippen LogP contribution in [0.2, 0.25) is 0 Å². The molecule has 1 N–H and O–H groups in total. The molecular formula is C18H15N7OS. The lowest BCUT2D eigenvalue weighted by molar-refractivity contribution is 0.0980. The van der Waals surface area contributed by atoms with Crippen molar-refractivity contribution in [3.05, 3.63) is 65.7 Å². The van der Waals surface area contributed by atoms with E-state index in [4.69, 9.17) is 0 Å². The highest BCUT2D eigenvalue weighted by molar-refractivity contribution is 7.17. The smallest absolute Gasteiger partial charge is 0.224 e. The minimum absolute atomic E-state index is 0.0280. The molecule has 0 radical (unpaired) electrons. The number of carbonyl (C=O) groups is 1. The summed E-state index contributed by atoms with van der Waals surface area (Å²) in [5, 5.41) is 5.05. The average molecular weight is 377 g/mol. The fraction of sp³-hybridized carbons (Fsp3) is 0.167. The summed E-state index contributed by atoms with van der Waals surface area (Å²) in [4.78, 5) is 37.7. The molecule has 0 bridgehead atoms. The third-order valence-electron chi connectivity index (χ3n) is 3.89. The molecule has 0 unspecified atom stereocenters. The van der Waals surface area contributed by atoms with Gasteiger partial charge in [0, 0.05) is 43.3 Å². The first kappa shape index (κ1) is 17.1. The fourth-order valence-electron chi connectivity index (χ4n) is 2.57. The van der Waals surface area contributed by atoms with Crippen LogP contribution >= 0.6 is 11.3 Å². The van der Waals surface area contributed by atoms with Crippen LogP contribution in [0.4, 0.5) is 5.95 Å². The van der Waals surface area contributed by atoms with Crippen LogP contribution in [0, 0.1) is 0 Å². The standard InChI is InChI=1S/C18H15N7OS/c26-15(2-1-12-5-19-10-20-6-12)16-17-14(3-4-27-17)24-18(25-16)23-9-13-7-21-11-22-8-13/h3-8,10-11H,1-2,9H2,(H,23,24,25). The number of Topliss-reactive ketones (excluding diaryl/α,β-unsaturated/α-hetero) is 1. The SMILES string of the molecule is O=C(CCc1cncnc1)c1nc(NCc2cncnc2)nc2ccsc12. The number of fused-ring (bicyclic) bond motifs is 1. The first-order valence-corrected chi connectivity index (χ1v) is 9.17. The number of anilines is 1. The second kappa shape index (κ2) is 7.92. The third-order valence-corrected chi connectivity index (χ3v) is 4.80. The summed E-state index contributed by atoms with van der Waals surface area (Å²) < 4.78 is 0.804. The normalized spacial score (nSPS) is 10.8. The molecule has 4 heterocycles. The van der Waals surface area contributed by atoms with Crippen LogP contribution in [0.3, 0.4) is 0 Å². The van der Waals surface area contributed by atoms with Gasteiger partial charge in [-0.15, -0.1) is 11.3 Å². The van der Waals surface area contributed by atoms with Gasteiger partial charge < -0.3 is 5.32 Å². The van der Waals surface area contributed by atoms with Crippen molar-refractivity contribution in [2.24, 2.45) is 0 Å². The number of thiophene rings is 1. The molecule has 0 saturated heterocycles. The summed E-state index contributed by atoms with van der Waals surface area (Å²) in [6.45, 7) is 0.478. The third kappa shape index (κ3) is 4.09. The van der Waals surface area contributed by atoms with E-state index >= 15 is 0 Å². The van der Waals surface area contributed by atoms with Gasteiger partial charge in [-0.25, -0.2) is 29.9 Å². The van der Waals surface area contributed by atoms with E-state index in [2.05, 4.69) is 35.2 Å². The Balaban J connectivity index is 1.54. The van der Waals surface area contributed by atoms with Crippen molar-refractivity contribution in [1.29, 1.82) is 0 Å². The van der Waals surface area contributed by atoms with Gasteiger partial charge in [-0.2, -0.15) is 0 Å². The summed E-state index contributed by atoms with van der Waals surface area (Å²) in [5.41, 5.74) is 3.03. The van der Waals surface area contributed by atoms with Crippen molar-refractivity contribution in [1.82, 2.24) is 29.9 Å². The molecule has 4 rings (SSSR count). The number of ketones is 1. The molecule has 0 aliphatic carbocycles. The van der Waals surface area contributed by atoms with E-state index < -0.39 is 0 Å². The largest absolute Gasteiger partial charge is 0.350 e. The Morgan fingerprint density at radius 3 is 2.41 bits per heavy atom. The van der Waals surface area contributed by atoms with Crippen LogP contribution in [0.25, 0.3) is 10.2 Å². The first-order valence-electron chi connectivity index (χ1n) is 8.29. The summed E-state index contributed by atoms with van der Waals surface area (Å²) in [5.74, 6) is 0.385. The Bertz CT molecular complexity index is 1050. The second-order valence-electron chi connectivity index (χ2n) is 5.80. The average Bonchev–Trinajstić information content (AvgIpc) is 3.20. The molecule has 0 saturated carbocycles. The monoisotopic (exact) mass is 377 g/mol. The highest BCUT2D eigenvalue weighted by Gasteiger charge is 2.16. The summed E-state index contributed by atoms with van der Waals surface area (Å²) in [6.07, 6.45) is 10.7. The molecule has 0 aliphatic rings. The van der Waals surface area contributed by atoms with Gasteiger partial charge in [0.15, 0.2) is 5.78 Å². The number of hydrogen-bond donors (Lipinski definition) is 1. The van der Waals surface area contributed by atoms with Crippen molar-refractivity contribution in [3.8, 4) is 0 Å². The molecule has 134 valence electrons. The van der Waals surface area contributed by atoms with Crippen LogP contribution in [0.1, 0.15) is 28.0 Å². The van der Waals surface area contributed by atoms with Gasteiger partial charge in [0.05, 0.1) is 10.2 Å². The van der Waals surface area contributed by atoms with Crippen molar-refractivity contribution in [2.45, 2.75) is 19.4 Å². The van der Waals surface area contributed by atoms with Gasteiger partial charge in [0.25, 0.3) is 0 Å². The fourth-order valence-corrected chi connectivity index (χ4v) is 3.41. The Labute approximate surface area is 158 Å². The number of nitrogens with zero attached hydrogens (tertiary/aromatic N) is 6. The Kier molecular flexibility index (Phi) is 5.01. The maximum absolute atomic E-state index is 12.8. The maximum Gasteiger partial charge on any atom is 0.224 e. The number of rotatable bonds is 7. The van der Waals surface area contributed by atoms with Crippen LogP contribution in [-0.4, -0.2) is 35.7 Å². The molecule has 0 fully saturated rings. The maximum atomic E-state index is 12.8. The van der Waals surface area contributed by atoms with E-state index in [1.54, 1.807) is 24.8 Å². The van der Waals surface area contributed by atoms with Gasteiger partial charge in [-0.3, -0.25) is 4.79 Å². The topological polar surface area (TPSA) is 106 Å². The zero-order chi connectivity index (χ0) is 18.5. The lowest BCUT2D eigenvalue weighted by atomic mass is 10.1. The Morgan fingerprint density at radius 1 is 0.963 bits per heavy atom. The number of nitrogens with one attached hydrogen (secondary N) is 1. The lowest BCUT2D eigenvalue weighted by Gasteiger charge is -2.07. The first-order chi connectivity index (χ1) is 13.3. The van der Waals surface area contributed by atoms with Gasteiger partial charge >= 0.3 is 0 Å². The molecule has 4 aromatic heterocycles. The Morgan fingerprint density at radius 2 is 1.67 bits per heavy atom. The molecule has 4 aromatic rings. The zero-order valence-corrected chi connectivity index (χ0v) is 15.1. The van der Waals surface area contributed by atoms with Crippen LogP contribution in [-0.2, 0) is 13.0 Å². The van der Waals surface area contributed by atoms with Crippen molar-refractivity contribution < 1.29 is 4.79 Å². The molecule has 0 atom stereocenters. The minimum atomic E-state index is -0.0280. The van der Waals surface area contributed by atoms with Crippen LogP contribution in [0.5, 0.6) is 0 Å². The van der Waals surface area contributed by atoms with Crippen molar-refractivity contribution in [3.63, 3.8) is 0 Å². The molecule has 9 heteroatoms. The van der Waals surface area contributed by atoms with E-state index in [9.17, 15) is 4.79 Å². The van der Waals surface area contributed by atoms with Crippen LogP contribution in [0.15, 0.2) is 48.9 Å². The van der Waals surface area contributed by atoms with Gasteiger partial charge in [0.1, 0.15) is 18.3 Å². The number of hydrogen-bond acceptors (Lipinski definition) is 9. The summed E-state index contributed by atoms with van der Waals surface area (Å²) in [7, 11) is 0. The number of aryl methyl sites for hydroxylation is 1. The van der Waals surface area contributed by atoms with Crippen LogP contribution < -0.4 is 5.32 Å². The molecular weight excluding hydrogens is 362 g/mol. The predicted octanol–water partition coefficient (Wildman–Crippen LogP) is 2.70. The Hall–Kier alpha value is -3.33. The quantitative estimate of drug-likeness (QED) is 0.490. The van der Waals surface area contributed by atoms with E-state index in [-0.39, 0.29) is 5.78 Å². The van der Waals surface area contributed by atoms with Gasteiger partial charge in [-0.1, -0.05) is 0 Å².